The summed E-state index contributed by atoms with van der Waals surface area (Å²) in [7, 11) is 0. The predicted molar refractivity (Wildman–Crippen MR) is 90.9 cm³/mol. The largest absolute Gasteiger partial charge is 0.339 e. The van der Waals surface area contributed by atoms with Crippen LogP contribution in [0.25, 0.3) is 10.9 Å². The van der Waals surface area contributed by atoms with Gasteiger partial charge < -0.3 is 9.47 Å². The molecule has 1 fully saturated rings. The maximum absolute atomic E-state index is 12.6. The molecule has 3 heterocycles. The van der Waals surface area contributed by atoms with Gasteiger partial charge in [-0.25, -0.2) is 9.67 Å². The first-order valence-electron chi connectivity index (χ1n) is 8.30. The van der Waals surface area contributed by atoms with E-state index in [0.717, 1.165) is 17.5 Å². The predicted octanol–water partition coefficient (Wildman–Crippen LogP) is 0.852. The molecule has 128 valence electrons. The van der Waals surface area contributed by atoms with Gasteiger partial charge in [-0.05, 0) is 25.0 Å². The Morgan fingerprint density at radius 2 is 2.16 bits per heavy atom. The summed E-state index contributed by atoms with van der Waals surface area (Å²) in [4.78, 5) is 31.0. The van der Waals surface area contributed by atoms with E-state index in [4.69, 9.17) is 0 Å². The van der Waals surface area contributed by atoms with Gasteiger partial charge in [-0.3, -0.25) is 9.59 Å². The third kappa shape index (κ3) is 3.02. The molecule has 3 aromatic rings. The van der Waals surface area contributed by atoms with Gasteiger partial charge in [0.05, 0.1) is 17.8 Å². The van der Waals surface area contributed by atoms with Gasteiger partial charge >= 0.3 is 0 Å². The van der Waals surface area contributed by atoms with Crippen LogP contribution >= 0.6 is 0 Å². The lowest BCUT2D eigenvalue weighted by molar-refractivity contribution is -0.133. The van der Waals surface area contributed by atoms with E-state index >= 15 is 0 Å². The molecule has 8 heteroatoms. The van der Waals surface area contributed by atoms with Gasteiger partial charge in [0.1, 0.15) is 12.1 Å². The van der Waals surface area contributed by atoms with Gasteiger partial charge in [-0.2, -0.15) is 0 Å². The van der Waals surface area contributed by atoms with Crippen LogP contribution in [0.5, 0.6) is 0 Å². The summed E-state index contributed by atoms with van der Waals surface area (Å²) in [6.45, 7) is 1.22. The molecule has 1 saturated heterocycles. The van der Waals surface area contributed by atoms with Crippen LogP contribution in [-0.4, -0.2) is 48.4 Å². The maximum atomic E-state index is 12.6. The lowest BCUT2D eigenvalue weighted by atomic mass is 10.1. The third-order valence-electron chi connectivity index (χ3n) is 4.61. The van der Waals surface area contributed by atoms with Crippen LogP contribution in [-0.2, 0) is 11.3 Å². The summed E-state index contributed by atoms with van der Waals surface area (Å²) in [5.74, 6) is -0.114. The lowest BCUT2D eigenvalue weighted by Gasteiger charge is -2.33. The molecule has 0 aliphatic carbocycles. The van der Waals surface area contributed by atoms with Crippen LogP contribution in [0, 0.1) is 0 Å². The smallest absolute Gasteiger partial charge is 0.278 e. The van der Waals surface area contributed by atoms with Gasteiger partial charge in [0.25, 0.3) is 5.56 Å². The van der Waals surface area contributed by atoms with E-state index in [1.807, 2.05) is 10.8 Å². The molecule has 2 aromatic heterocycles. The highest BCUT2D eigenvalue weighted by molar-refractivity contribution is 5.78. The van der Waals surface area contributed by atoms with Crippen molar-refractivity contribution in [3.05, 3.63) is 53.3 Å². The molecule has 25 heavy (non-hydrogen) atoms. The Labute approximate surface area is 143 Å². The minimum atomic E-state index is -0.290. The zero-order valence-corrected chi connectivity index (χ0v) is 13.7. The molecule has 0 saturated carbocycles. The van der Waals surface area contributed by atoms with Crippen LogP contribution in [0.3, 0.4) is 0 Å². The van der Waals surface area contributed by atoms with Crippen LogP contribution in [0.1, 0.15) is 18.9 Å². The van der Waals surface area contributed by atoms with E-state index in [1.165, 1.54) is 0 Å². The van der Waals surface area contributed by atoms with Crippen LogP contribution in [0.4, 0.5) is 0 Å². The molecule has 0 N–H and O–H groups in total. The highest BCUT2D eigenvalue weighted by Crippen LogP contribution is 2.21. The highest BCUT2D eigenvalue weighted by atomic mass is 16.2. The average Bonchev–Trinajstić information content (AvgIpc) is 3.19. The van der Waals surface area contributed by atoms with Gasteiger partial charge in [0.15, 0.2) is 0 Å². The van der Waals surface area contributed by atoms with Gasteiger partial charge in [0.2, 0.25) is 5.91 Å². The molecule has 0 spiro atoms. The minimum Gasteiger partial charge on any atom is -0.339 e. The van der Waals surface area contributed by atoms with Crippen molar-refractivity contribution in [1.29, 1.82) is 0 Å². The number of rotatable bonds is 3. The van der Waals surface area contributed by atoms with Crippen molar-refractivity contribution in [2.45, 2.75) is 25.4 Å². The zero-order chi connectivity index (χ0) is 17.2. The number of hydrogen-bond donors (Lipinski definition) is 0. The number of carbonyl (C=O) groups excluding carboxylic acids is 1. The topological polar surface area (TPSA) is 85.9 Å². The summed E-state index contributed by atoms with van der Waals surface area (Å²) < 4.78 is 3.17. The highest BCUT2D eigenvalue weighted by Gasteiger charge is 2.25. The lowest BCUT2D eigenvalue weighted by Crippen LogP contribution is -2.43. The Balaban J connectivity index is 1.52. The SMILES string of the molecule is O=C(Cn1nnc2ccccc2c1=O)N1CCCC(n2ccnc2)C1. The number of aromatic nitrogens is 5. The molecule has 1 amide bonds. The third-order valence-corrected chi connectivity index (χ3v) is 4.61. The molecular formula is C17H18N6O2. The van der Waals surface area contributed by atoms with Gasteiger partial charge in [0, 0.05) is 25.5 Å². The van der Waals surface area contributed by atoms with Crippen molar-refractivity contribution in [2.24, 2.45) is 0 Å². The molecule has 1 aliphatic heterocycles. The Bertz CT molecular complexity index is 949. The second-order valence-electron chi connectivity index (χ2n) is 6.22. The number of fused-ring (bicyclic) bond motifs is 1. The summed E-state index contributed by atoms with van der Waals surface area (Å²) >= 11 is 0. The Morgan fingerprint density at radius 3 is 3.00 bits per heavy atom. The van der Waals surface area contributed by atoms with Crippen molar-refractivity contribution in [3.8, 4) is 0 Å². The number of likely N-dealkylation sites (tertiary alicyclic amines) is 1. The fourth-order valence-electron chi connectivity index (χ4n) is 3.27. The molecule has 0 radical (unpaired) electrons. The van der Waals surface area contributed by atoms with E-state index in [9.17, 15) is 9.59 Å². The van der Waals surface area contributed by atoms with E-state index < -0.39 is 0 Å². The number of piperidine rings is 1. The first-order chi connectivity index (χ1) is 12.2. The molecule has 0 bridgehead atoms. The molecule has 1 atom stereocenters. The maximum Gasteiger partial charge on any atom is 0.278 e. The summed E-state index contributed by atoms with van der Waals surface area (Å²) in [6.07, 6.45) is 7.36. The fourth-order valence-corrected chi connectivity index (χ4v) is 3.27. The van der Waals surface area contributed by atoms with Crippen molar-refractivity contribution in [3.63, 3.8) is 0 Å². The minimum absolute atomic E-state index is 0.0900. The van der Waals surface area contributed by atoms with Gasteiger partial charge in [-0.1, -0.05) is 17.3 Å². The van der Waals surface area contributed by atoms with Crippen LogP contribution < -0.4 is 5.56 Å². The Morgan fingerprint density at radius 1 is 1.28 bits per heavy atom. The summed E-state index contributed by atoms with van der Waals surface area (Å²) in [6, 6.07) is 7.23. The molecule has 4 rings (SSSR count). The number of amides is 1. The molecule has 8 nitrogen and oxygen atoms in total. The first kappa shape index (κ1) is 15.5. The number of imidazole rings is 1. The Hall–Kier alpha value is -3.03. The molecule has 1 unspecified atom stereocenters. The van der Waals surface area contributed by atoms with E-state index in [0.29, 0.717) is 24.0 Å². The summed E-state index contributed by atoms with van der Waals surface area (Å²) in [5, 5.41) is 8.40. The molecule has 1 aromatic carbocycles. The normalized spacial score (nSPS) is 17.8. The molecular weight excluding hydrogens is 320 g/mol. The second-order valence-corrected chi connectivity index (χ2v) is 6.22. The van der Waals surface area contributed by atoms with Gasteiger partial charge in [-0.15, -0.1) is 5.10 Å². The van der Waals surface area contributed by atoms with Crippen molar-refractivity contribution in [1.82, 2.24) is 29.4 Å². The Kier molecular flexibility index (Phi) is 4.01. The fraction of sp³-hybridized carbons (Fsp3) is 0.353. The number of benzene rings is 1. The van der Waals surface area contributed by atoms with Crippen LogP contribution in [0.2, 0.25) is 0 Å². The van der Waals surface area contributed by atoms with E-state index in [-0.39, 0.29) is 24.1 Å². The number of hydrogen-bond acceptors (Lipinski definition) is 5. The molecule has 1 aliphatic rings. The van der Waals surface area contributed by atoms with Crippen molar-refractivity contribution < 1.29 is 4.79 Å². The summed E-state index contributed by atoms with van der Waals surface area (Å²) in [5.41, 5.74) is 0.247. The van der Waals surface area contributed by atoms with E-state index in [1.54, 1.807) is 41.7 Å². The number of carbonyl (C=O) groups is 1. The van der Waals surface area contributed by atoms with Crippen LogP contribution in [0.15, 0.2) is 47.8 Å². The first-order valence-corrected chi connectivity index (χ1v) is 8.30. The zero-order valence-electron chi connectivity index (χ0n) is 13.7. The van der Waals surface area contributed by atoms with E-state index in [2.05, 4.69) is 15.3 Å². The number of nitrogens with zero attached hydrogens (tertiary/aromatic N) is 6. The second kappa shape index (κ2) is 6.46. The standard InChI is InChI=1S/C17H18N6O2/c24-16(21-8-3-4-13(10-21)22-9-7-18-12-22)11-23-17(25)14-5-1-2-6-15(14)19-20-23/h1-2,5-7,9,12-13H,3-4,8,10-11H2. The monoisotopic (exact) mass is 338 g/mol. The van der Waals surface area contributed by atoms with Crippen molar-refractivity contribution in [2.75, 3.05) is 13.1 Å². The quantitative estimate of drug-likeness (QED) is 0.707. The average molecular weight is 338 g/mol. The van der Waals surface area contributed by atoms with Crippen molar-refractivity contribution >= 4 is 16.8 Å².